The Morgan fingerprint density at radius 3 is 2.45 bits per heavy atom. The van der Waals surface area contributed by atoms with Gasteiger partial charge in [0.15, 0.2) is 0 Å². The maximum Gasteiger partial charge on any atom is 0.355 e. The number of hydrogen-bond acceptors (Lipinski definition) is 4. The Balaban J connectivity index is 2.26. The highest BCUT2D eigenvalue weighted by molar-refractivity contribution is 6.01. The van der Waals surface area contributed by atoms with Crippen molar-refractivity contribution in [1.82, 2.24) is 9.88 Å². The summed E-state index contributed by atoms with van der Waals surface area (Å²) < 4.78 is 12.6. The first kappa shape index (κ1) is 22.7. The molecule has 2 rings (SSSR count). The number of ether oxygens (including phenoxy) is 2. The van der Waals surface area contributed by atoms with Crippen molar-refractivity contribution < 1.29 is 19.1 Å². The third-order valence-corrected chi connectivity index (χ3v) is 4.70. The summed E-state index contributed by atoms with van der Waals surface area (Å²) >= 11 is 0. The first-order valence-corrected chi connectivity index (χ1v) is 10.2. The van der Waals surface area contributed by atoms with Gasteiger partial charge in [0.05, 0.1) is 18.3 Å². The van der Waals surface area contributed by atoms with Gasteiger partial charge in [-0.1, -0.05) is 30.3 Å². The molecule has 1 aromatic heterocycles. The van der Waals surface area contributed by atoms with E-state index < -0.39 is 5.97 Å². The fourth-order valence-electron chi connectivity index (χ4n) is 3.34. The molecule has 6 heteroatoms. The lowest BCUT2D eigenvalue weighted by molar-refractivity contribution is 0.0513. The number of nitrogens with zero attached hydrogens (tertiary/aromatic N) is 1. The van der Waals surface area contributed by atoms with Crippen molar-refractivity contribution in [3.05, 3.63) is 58.4 Å². The van der Waals surface area contributed by atoms with E-state index in [4.69, 9.17) is 9.47 Å². The Bertz CT molecular complexity index is 825. The molecule has 0 aliphatic heterocycles. The summed E-state index contributed by atoms with van der Waals surface area (Å²) in [6.07, 6.45) is 0.909. The Morgan fingerprint density at radius 1 is 1.14 bits per heavy atom. The van der Waals surface area contributed by atoms with E-state index >= 15 is 0 Å². The van der Waals surface area contributed by atoms with E-state index in [0.717, 1.165) is 17.7 Å². The van der Waals surface area contributed by atoms with Gasteiger partial charge in [-0.3, -0.25) is 4.79 Å². The maximum absolute atomic E-state index is 12.9. The zero-order valence-corrected chi connectivity index (χ0v) is 18.1. The Morgan fingerprint density at radius 2 is 1.83 bits per heavy atom. The normalized spacial score (nSPS) is 11.0. The standard InChI is InChI=1S/C23H32N2O4/c1-6-28-23(27)21-17(4)20(22(26)24-13-10-14-29-16(2)3)18(5)25(21)15-19-11-8-7-9-12-19/h7-9,11-12,16H,6,10,13-15H2,1-5H3,(H,24,26). The van der Waals surface area contributed by atoms with Crippen molar-refractivity contribution in [2.24, 2.45) is 0 Å². The number of nitrogens with one attached hydrogen (secondary N) is 1. The molecule has 0 bridgehead atoms. The second-order valence-corrected chi connectivity index (χ2v) is 7.26. The van der Waals surface area contributed by atoms with Gasteiger partial charge in [-0.05, 0) is 52.2 Å². The molecule has 1 heterocycles. The van der Waals surface area contributed by atoms with Crippen molar-refractivity contribution >= 4 is 11.9 Å². The molecule has 0 atom stereocenters. The zero-order chi connectivity index (χ0) is 21.4. The molecule has 0 aliphatic rings. The van der Waals surface area contributed by atoms with E-state index in [-0.39, 0.29) is 18.6 Å². The molecule has 2 aromatic rings. The minimum atomic E-state index is -0.409. The first-order valence-electron chi connectivity index (χ1n) is 10.2. The molecule has 1 N–H and O–H groups in total. The van der Waals surface area contributed by atoms with Crippen LogP contribution in [0, 0.1) is 13.8 Å². The lowest BCUT2D eigenvalue weighted by Gasteiger charge is -2.12. The predicted octanol–water partition coefficient (Wildman–Crippen LogP) is 3.87. The van der Waals surface area contributed by atoms with E-state index in [9.17, 15) is 9.59 Å². The van der Waals surface area contributed by atoms with Gasteiger partial charge >= 0.3 is 5.97 Å². The highest BCUT2D eigenvalue weighted by atomic mass is 16.5. The van der Waals surface area contributed by atoms with Crippen LogP contribution in [0.4, 0.5) is 0 Å². The summed E-state index contributed by atoms with van der Waals surface area (Å²) in [5.41, 5.74) is 3.42. The van der Waals surface area contributed by atoms with Gasteiger partial charge in [-0.25, -0.2) is 4.79 Å². The van der Waals surface area contributed by atoms with Gasteiger partial charge in [0.25, 0.3) is 5.91 Å². The number of aromatic nitrogens is 1. The molecule has 0 saturated heterocycles. The molecule has 1 aromatic carbocycles. The summed E-state index contributed by atoms with van der Waals surface area (Å²) in [7, 11) is 0. The van der Waals surface area contributed by atoms with Crippen molar-refractivity contribution in [2.75, 3.05) is 19.8 Å². The highest BCUT2D eigenvalue weighted by Crippen LogP contribution is 2.24. The average Bonchev–Trinajstić information content (AvgIpc) is 2.92. The van der Waals surface area contributed by atoms with Gasteiger partial charge < -0.3 is 19.4 Å². The number of rotatable bonds is 10. The van der Waals surface area contributed by atoms with Crippen molar-refractivity contribution in [2.45, 2.75) is 53.7 Å². The zero-order valence-electron chi connectivity index (χ0n) is 18.1. The Kier molecular flexibility index (Phi) is 8.46. The molecular weight excluding hydrogens is 368 g/mol. The fourth-order valence-corrected chi connectivity index (χ4v) is 3.34. The molecule has 6 nitrogen and oxygen atoms in total. The van der Waals surface area contributed by atoms with E-state index in [1.807, 2.05) is 55.7 Å². The van der Waals surface area contributed by atoms with Crippen LogP contribution >= 0.6 is 0 Å². The number of esters is 1. The summed E-state index contributed by atoms with van der Waals surface area (Å²) in [5.74, 6) is -0.588. The van der Waals surface area contributed by atoms with Crippen LogP contribution in [0.2, 0.25) is 0 Å². The molecule has 158 valence electrons. The lowest BCUT2D eigenvalue weighted by atomic mass is 10.1. The molecule has 0 unspecified atom stereocenters. The third-order valence-electron chi connectivity index (χ3n) is 4.70. The van der Waals surface area contributed by atoms with Crippen molar-refractivity contribution in [3.8, 4) is 0 Å². The van der Waals surface area contributed by atoms with Gasteiger partial charge in [0, 0.05) is 25.4 Å². The van der Waals surface area contributed by atoms with E-state index in [2.05, 4.69) is 5.32 Å². The van der Waals surface area contributed by atoms with Gasteiger partial charge in [-0.2, -0.15) is 0 Å². The second kappa shape index (κ2) is 10.8. The summed E-state index contributed by atoms with van der Waals surface area (Å²) in [5, 5.41) is 2.95. The smallest absolute Gasteiger partial charge is 0.355 e. The molecule has 0 saturated carbocycles. The Hall–Kier alpha value is -2.60. The minimum absolute atomic E-state index is 0.175. The van der Waals surface area contributed by atoms with Crippen molar-refractivity contribution in [1.29, 1.82) is 0 Å². The van der Waals surface area contributed by atoms with Gasteiger partial charge in [-0.15, -0.1) is 0 Å². The van der Waals surface area contributed by atoms with Gasteiger partial charge in [0.2, 0.25) is 0 Å². The summed E-state index contributed by atoms with van der Waals surface area (Å²) in [4.78, 5) is 25.5. The number of hydrogen-bond donors (Lipinski definition) is 1. The van der Waals surface area contributed by atoms with E-state index in [1.165, 1.54) is 0 Å². The van der Waals surface area contributed by atoms with Crippen LogP contribution in [0.1, 0.15) is 64.9 Å². The van der Waals surface area contributed by atoms with E-state index in [0.29, 0.717) is 36.5 Å². The molecule has 0 fully saturated rings. The maximum atomic E-state index is 12.9. The predicted molar refractivity (Wildman–Crippen MR) is 113 cm³/mol. The van der Waals surface area contributed by atoms with Crippen LogP contribution in [0.3, 0.4) is 0 Å². The number of carbonyl (C=O) groups excluding carboxylic acids is 2. The molecule has 1 amide bonds. The summed E-state index contributed by atoms with van der Waals surface area (Å²) in [6.45, 7) is 11.3. The lowest BCUT2D eigenvalue weighted by Crippen LogP contribution is -2.26. The topological polar surface area (TPSA) is 69.6 Å². The average molecular weight is 401 g/mol. The van der Waals surface area contributed by atoms with Crippen LogP contribution in [0.25, 0.3) is 0 Å². The van der Waals surface area contributed by atoms with E-state index in [1.54, 1.807) is 13.8 Å². The monoisotopic (exact) mass is 400 g/mol. The Labute approximate surface area is 173 Å². The largest absolute Gasteiger partial charge is 0.461 e. The molecule has 0 aliphatic carbocycles. The third kappa shape index (κ3) is 5.94. The van der Waals surface area contributed by atoms with Crippen LogP contribution in [0.15, 0.2) is 30.3 Å². The fraction of sp³-hybridized carbons (Fsp3) is 0.478. The molecule has 0 spiro atoms. The minimum Gasteiger partial charge on any atom is -0.461 e. The summed E-state index contributed by atoms with van der Waals surface area (Å²) in [6, 6.07) is 9.86. The molecule has 29 heavy (non-hydrogen) atoms. The van der Waals surface area contributed by atoms with Crippen LogP contribution in [-0.4, -0.2) is 42.3 Å². The number of benzene rings is 1. The second-order valence-electron chi connectivity index (χ2n) is 7.26. The number of carbonyl (C=O) groups is 2. The van der Waals surface area contributed by atoms with Crippen LogP contribution < -0.4 is 5.32 Å². The van der Waals surface area contributed by atoms with Crippen LogP contribution in [-0.2, 0) is 16.0 Å². The molecular formula is C23H32N2O4. The first-order chi connectivity index (χ1) is 13.9. The highest BCUT2D eigenvalue weighted by Gasteiger charge is 2.27. The van der Waals surface area contributed by atoms with Crippen molar-refractivity contribution in [3.63, 3.8) is 0 Å². The number of amides is 1. The quantitative estimate of drug-likeness (QED) is 0.485. The van der Waals surface area contributed by atoms with Crippen LogP contribution in [0.5, 0.6) is 0 Å². The molecule has 0 radical (unpaired) electrons. The van der Waals surface area contributed by atoms with Gasteiger partial charge in [0.1, 0.15) is 5.69 Å². The SMILES string of the molecule is CCOC(=O)c1c(C)c(C(=O)NCCCOC(C)C)c(C)n1Cc1ccccc1.